The first kappa shape index (κ1) is 20.7. The molecule has 2 aliphatic heterocycles. The fourth-order valence-corrected chi connectivity index (χ4v) is 5.27. The van der Waals surface area contributed by atoms with Crippen LogP contribution in [0.2, 0.25) is 0 Å². The highest BCUT2D eigenvalue weighted by Gasteiger charge is 2.49. The second-order valence-electron chi connectivity index (χ2n) is 8.98. The topological polar surface area (TPSA) is 89.3 Å². The molecule has 1 aromatic heterocycles. The first-order valence-electron chi connectivity index (χ1n) is 11.6. The van der Waals surface area contributed by atoms with Crippen LogP contribution in [0.1, 0.15) is 42.5 Å². The van der Waals surface area contributed by atoms with E-state index in [-0.39, 0.29) is 41.7 Å². The van der Waals surface area contributed by atoms with Crippen molar-refractivity contribution < 1.29 is 14.3 Å². The highest BCUT2D eigenvalue weighted by atomic mass is 16.5. The number of hydrogen-bond acceptors (Lipinski definition) is 6. The zero-order chi connectivity index (χ0) is 23.2. The average Bonchev–Trinajstić information content (AvgIpc) is 3.42. The monoisotopic (exact) mass is 455 g/mol. The van der Waals surface area contributed by atoms with Gasteiger partial charge >= 0.3 is 0 Å². The number of nitrogens with zero attached hydrogens (tertiary/aromatic N) is 4. The number of fused-ring (bicyclic) bond motifs is 2. The molecular formula is C26H25N5O3. The third-order valence-corrected chi connectivity index (χ3v) is 7.09. The summed E-state index contributed by atoms with van der Waals surface area (Å²) in [4.78, 5) is 32.1. The molecule has 0 unspecified atom stereocenters. The number of nitrogens with one attached hydrogen (secondary N) is 1. The van der Waals surface area contributed by atoms with Crippen molar-refractivity contribution in [2.45, 2.75) is 31.3 Å². The van der Waals surface area contributed by atoms with Crippen LogP contribution in [0.3, 0.4) is 0 Å². The lowest BCUT2D eigenvalue weighted by molar-refractivity contribution is -0.122. The first-order valence-corrected chi connectivity index (χ1v) is 11.6. The molecule has 2 amide bonds. The number of aromatic nitrogens is 3. The van der Waals surface area contributed by atoms with E-state index < -0.39 is 0 Å². The SMILES string of the molecule is COc1ccc([C@@H]2C[C@H](c3ccccc3)Nc3nc(N4C(=O)[C@@H]5CC=CC[C@H]5C4=O)nn32)cc1. The minimum absolute atomic E-state index is 0.00890. The molecule has 0 radical (unpaired) electrons. The van der Waals surface area contributed by atoms with Gasteiger partial charge in [-0.3, -0.25) is 9.59 Å². The van der Waals surface area contributed by atoms with Gasteiger partial charge in [-0.05, 0) is 42.5 Å². The number of carbonyl (C=O) groups is 2. The summed E-state index contributed by atoms with van der Waals surface area (Å²) < 4.78 is 7.13. The highest BCUT2D eigenvalue weighted by Crippen LogP contribution is 2.41. The molecule has 1 N–H and O–H groups in total. The second kappa shape index (κ2) is 8.13. The number of anilines is 2. The summed E-state index contributed by atoms with van der Waals surface area (Å²) in [5.74, 6) is 0.427. The van der Waals surface area contributed by atoms with E-state index in [9.17, 15) is 9.59 Å². The fourth-order valence-electron chi connectivity index (χ4n) is 5.27. The number of rotatable bonds is 4. The molecule has 1 aliphatic carbocycles. The van der Waals surface area contributed by atoms with Crippen LogP contribution in [0.4, 0.5) is 11.9 Å². The summed E-state index contributed by atoms with van der Waals surface area (Å²) in [5.41, 5.74) is 2.19. The molecule has 0 spiro atoms. The molecule has 0 bridgehead atoms. The predicted molar refractivity (Wildman–Crippen MR) is 126 cm³/mol. The van der Waals surface area contributed by atoms with Crippen LogP contribution in [0.25, 0.3) is 0 Å². The smallest absolute Gasteiger partial charge is 0.260 e. The summed E-state index contributed by atoms with van der Waals surface area (Å²) >= 11 is 0. The maximum Gasteiger partial charge on any atom is 0.260 e. The molecule has 3 aliphatic rings. The Balaban J connectivity index is 1.40. The van der Waals surface area contributed by atoms with Crippen LogP contribution in [0.15, 0.2) is 66.7 Å². The minimum atomic E-state index is -0.319. The van der Waals surface area contributed by atoms with Crippen molar-refractivity contribution >= 4 is 23.7 Å². The number of ether oxygens (including phenoxy) is 1. The quantitative estimate of drug-likeness (QED) is 0.474. The predicted octanol–water partition coefficient (Wildman–Crippen LogP) is 3.89. The Bertz CT molecular complexity index is 1240. The number of allylic oxidation sites excluding steroid dienone is 2. The number of benzene rings is 2. The van der Waals surface area contributed by atoms with E-state index in [4.69, 9.17) is 9.84 Å². The number of carbonyl (C=O) groups excluding carboxylic acids is 2. The van der Waals surface area contributed by atoms with Gasteiger partial charge in [-0.25, -0.2) is 9.58 Å². The van der Waals surface area contributed by atoms with Gasteiger partial charge in [0.05, 0.1) is 31.0 Å². The molecule has 34 heavy (non-hydrogen) atoms. The Morgan fingerprint density at radius 2 is 1.59 bits per heavy atom. The minimum Gasteiger partial charge on any atom is -0.497 e. The van der Waals surface area contributed by atoms with Crippen molar-refractivity contribution in [3.8, 4) is 5.75 Å². The van der Waals surface area contributed by atoms with Crippen LogP contribution in [-0.2, 0) is 9.59 Å². The Labute approximate surface area is 197 Å². The first-order chi connectivity index (χ1) is 16.6. The molecule has 6 rings (SSSR count). The van der Waals surface area contributed by atoms with E-state index in [1.54, 1.807) is 11.8 Å². The van der Waals surface area contributed by atoms with Crippen LogP contribution in [0, 0.1) is 11.8 Å². The van der Waals surface area contributed by atoms with E-state index >= 15 is 0 Å². The molecule has 4 atom stereocenters. The molecular weight excluding hydrogens is 430 g/mol. The summed E-state index contributed by atoms with van der Waals surface area (Å²) in [6, 6.07) is 18.0. The Kier molecular flexibility index (Phi) is 4.94. The number of imide groups is 1. The van der Waals surface area contributed by atoms with Crippen molar-refractivity contribution in [1.82, 2.24) is 14.8 Å². The number of hydrogen-bond donors (Lipinski definition) is 1. The molecule has 3 aromatic rings. The Morgan fingerprint density at radius 3 is 2.24 bits per heavy atom. The van der Waals surface area contributed by atoms with E-state index in [1.807, 2.05) is 54.6 Å². The summed E-state index contributed by atoms with van der Waals surface area (Å²) in [6.45, 7) is 0. The third-order valence-electron chi connectivity index (χ3n) is 7.09. The van der Waals surface area contributed by atoms with Gasteiger partial charge in [0.25, 0.3) is 5.95 Å². The number of amides is 2. The lowest BCUT2D eigenvalue weighted by Crippen LogP contribution is -2.32. The normalized spacial score (nSPS) is 25.6. The van der Waals surface area contributed by atoms with Gasteiger partial charge in [-0.2, -0.15) is 4.98 Å². The molecule has 172 valence electrons. The third kappa shape index (κ3) is 3.29. The van der Waals surface area contributed by atoms with Crippen molar-refractivity contribution in [2.24, 2.45) is 11.8 Å². The van der Waals surface area contributed by atoms with Crippen molar-refractivity contribution in [3.05, 3.63) is 77.9 Å². The van der Waals surface area contributed by atoms with E-state index in [1.165, 1.54) is 4.90 Å². The largest absolute Gasteiger partial charge is 0.497 e. The van der Waals surface area contributed by atoms with E-state index in [2.05, 4.69) is 22.4 Å². The zero-order valence-electron chi connectivity index (χ0n) is 18.8. The average molecular weight is 456 g/mol. The second-order valence-corrected chi connectivity index (χ2v) is 8.98. The van der Waals surface area contributed by atoms with Gasteiger partial charge in [-0.1, -0.05) is 54.6 Å². The number of methoxy groups -OCH3 is 1. The fraction of sp³-hybridized carbons (Fsp3) is 0.308. The molecule has 1 saturated heterocycles. The summed E-state index contributed by atoms with van der Waals surface area (Å²) in [7, 11) is 1.64. The maximum atomic E-state index is 13.1. The molecule has 8 nitrogen and oxygen atoms in total. The molecule has 8 heteroatoms. The standard InChI is InChI=1S/C26H25N5O3/c1-34-18-13-11-17(12-14-18)22-15-21(16-7-3-2-4-8-16)27-25-28-26(29-31(22)25)30-23(32)19-9-5-6-10-20(19)24(30)33/h2-8,11-14,19-22H,9-10,15H2,1H3,(H,27,28,29)/t19-,20-,21-,22+/m1/s1. The molecule has 0 saturated carbocycles. The lowest BCUT2D eigenvalue weighted by atomic mass is 9.85. The van der Waals surface area contributed by atoms with Crippen LogP contribution >= 0.6 is 0 Å². The zero-order valence-corrected chi connectivity index (χ0v) is 18.8. The summed E-state index contributed by atoms with van der Waals surface area (Å²) in [6.07, 6.45) is 5.87. The van der Waals surface area contributed by atoms with Crippen molar-refractivity contribution in [3.63, 3.8) is 0 Å². The van der Waals surface area contributed by atoms with E-state index in [0.717, 1.165) is 23.3 Å². The molecule has 2 aromatic carbocycles. The Morgan fingerprint density at radius 1 is 0.912 bits per heavy atom. The van der Waals surface area contributed by atoms with Gasteiger partial charge in [-0.15, -0.1) is 5.10 Å². The molecule has 1 fully saturated rings. The van der Waals surface area contributed by atoms with Crippen LogP contribution in [0.5, 0.6) is 5.75 Å². The summed E-state index contributed by atoms with van der Waals surface area (Å²) in [5, 5.41) is 8.17. The Hall–Kier alpha value is -3.94. The van der Waals surface area contributed by atoms with Crippen molar-refractivity contribution in [1.29, 1.82) is 0 Å². The van der Waals surface area contributed by atoms with Crippen LogP contribution < -0.4 is 15.0 Å². The van der Waals surface area contributed by atoms with Crippen LogP contribution in [-0.4, -0.2) is 33.7 Å². The van der Waals surface area contributed by atoms with Gasteiger partial charge in [0.1, 0.15) is 5.75 Å². The van der Waals surface area contributed by atoms with Gasteiger partial charge in [0.2, 0.25) is 17.8 Å². The highest BCUT2D eigenvalue weighted by molar-refractivity contribution is 6.21. The van der Waals surface area contributed by atoms with Gasteiger partial charge in [0, 0.05) is 0 Å². The van der Waals surface area contributed by atoms with Crippen molar-refractivity contribution in [2.75, 3.05) is 17.3 Å². The van der Waals surface area contributed by atoms with Gasteiger partial charge in [0.15, 0.2) is 0 Å². The van der Waals surface area contributed by atoms with E-state index in [0.29, 0.717) is 18.8 Å². The van der Waals surface area contributed by atoms with Gasteiger partial charge < -0.3 is 10.1 Å². The molecule has 3 heterocycles. The lowest BCUT2D eigenvalue weighted by Gasteiger charge is -2.31. The maximum absolute atomic E-state index is 13.1.